The molecule has 2 heterocycles. The molecule has 5 nitrogen and oxygen atoms in total. The van der Waals surface area contributed by atoms with Crippen molar-refractivity contribution in [3.63, 3.8) is 0 Å². The number of hydrogen-bond acceptors (Lipinski definition) is 3. The normalized spacial score (nSPS) is 20.0. The highest BCUT2D eigenvalue weighted by Crippen LogP contribution is 2.17. The van der Waals surface area contributed by atoms with Crippen molar-refractivity contribution >= 4 is 11.7 Å². The number of rotatable bonds is 2. The Labute approximate surface area is 137 Å². The lowest BCUT2D eigenvalue weighted by Crippen LogP contribution is -2.56. The molecule has 0 bridgehead atoms. The fourth-order valence-corrected chi connectivity index (χ4v) is 3.26. The second kappa shape index (κ2) is 7.17. The molecule has 126 valence electrons. The third-order valence-electron chi connectivity index (χ3n) is 4.83. The zero-order valence-corrected chi connectivity index (χ0v) is 13.7. The number of halogens is 1. The Balaban J connectivity index is 1.50. The number of nitrogens with zero attached hydrogens (tertiary/aromatic N) is 4. The van der Waals surface area contributed by atoms with E-state index in [4.69, 9.17) is 0 Å². The second-order valence-electron chi connectivity index (χ2n) is 6.15. The van der Waals surface area contributed by atoms with Crippen molar-refractivity contribution in [3.8, 4) is 0 Å². The average Bonchev–Trinajstić information content (AvgIpc) is 2.62. The van der Waals surface area contributed by atoms with Crippen LogP contribution in [0.4, 0.5) is 14.9 Å². The molecule has 0 atom stereocenters. The summed E-state index contributed by atoms with van der Waals surface area (Å²) in [4.78, 5) is 21.1. The van der Waals surface area contributed by atoms with Gasteiger partial charge in [-0.15, -0.1) is 0 Å². The Morgan fingerprint density at radius 1 is 0.913 bits per heavy atom. The zero-order valence-electron chi connectivity index (χ0n) is 13.7. The van der Waals surface area contributed by atoms with E-state index in [0.29, 0.717) is 0 Å². The molecule has 3 rings (SSSR count). The van der Waals surface area contributed by atoms with Crippen molar-refractivity contribution in [1.29, 1.82) is 0 Å². The number of amides is 2. The lowest BCUT2D eigenvalue weighted by molar-refractivity contribution is 0.113. The molecule has 2 saturated heterocycles. The van der Waals surface area contributed by atoms with Gasteiger partial charge in [0.2, 0.25) is 0 Å². The first-order valence-electron chi connectivity index (χ1n) is 8.44. The fraction of sp³-hybridized carbons (Fsp3) is 0.588. The van der Waals surface area contributed by atoms with Crippen LogP contribution in [-0.4, -0.2) is 79.6 Å². The van der Waals surface area contributed by atoms with Crippen LogP contribution in [0.1, 0.15) is 6.92 Å². The standard InChI is InChI=1S/C17H25FN4O/c1-2-19-7-9-21(10-8-19)17(23)22-13-11-20(12-14-22)16-5-3-15(18)4-6-16/h3-6H,2,7-14H2,1H3. The summed E-state index contributed by atoms with van der Waals surface area (Å²) in [5.74, 6) is -0.214. The van der Waals surface area contributed by atoms with E-state index >= 15 is 0 Å². The topological polar surface area (TPSA) is 30.0 Å². The summed E-state index contributed by atoms with van der Waals surface area (Å²) in [6.45, 7) is 9.85. The molecule has 1 aromatic carbocycles. The molecule has 0 unspecified atom stereocenters. The lowest BCUT2D eigenvalue weighted by atomic mass is 10.2. The maximum Gasteiger partial charge on any atom is 0.320 e. The van der Waals surface area contributed by atoms with E-state index in [1.165, 1.54) is 12.1 Å². The van der Waals surface area contributed by atoms with E-state index in [-0.39, 0.29) is 11.8 Å². The Morgan fingerprint density at radius 3 is 1.96 bits per heavy atom. The van der Waals surface area contributed by atoms with Crippen molar-refractivity contribution in [3.05, 3.63) is 30.1 Å². The maximum atomic E-state index is 13.0. The first kappa shape index (κ1) is 16.1. The number of carbonyl (C=O) groups is 1. The quantitative estimate of drug-likeness (QED) is 0.831. The molecular weight excluding hydrogens is 295 g/mol. The molecule has 0 aromatic heterocycles. The van der Waals surface area contributed by atoms with Crippen LogP contribution in [0.25, 0.3) is 0 Å². The van der Waals surface area contributed by atoms with Gasteiger partial charge in [0.25, 0.3) is 0 Å². The Kier molecular flexibility index (Phi) is 5.00. The van der Waals surface area contributed by atoms with Gasteiger partial charge >= 0.3 is 6.03 Å². The number of urea groups is 1. The number of piperazine rings is 2. The number of hydrogen-bond donors (Lipinski definition) is 0. The minimum atomic E-state index is -0.214. The molecule has 2 amide bonds. The zero-order chi connectivity index (χ0) is 16.2. The minimum absolute atomic E-state index is 0.166. The third-order valence-corrected chi connectivity index (χ3v) is 4.83. The molecule has 2 aliphatic heterocycles. The molecule has 2 fully saturated rings. The number of anilines is 1. The summed E-state index contributed by atoms with van der Waals surface area (Å²) in [5.41, 5.74) is 1.02. The van der Waals surface area contributed by atoms with Crippen LogP contribution in [0, 0.1) is 5.82 Å². The van der Waals surface area contributed by atoms with Crippen LogP contribution in [0.15, 0.2) is 24.3 Å². The van der Waals surface area contributed by atoms with Gasteiger partial charge in [0, 0.05) is 58.0 Å². The molecule has 0 saturated carbocycles. The van der Waals surface area contributed by atoms with Gasteiger partial charge in [0.1, 0.15) is 5.82 Å². The van der Waals surface area contributed by atoms with Crippen LogP contribution in [0.2, 0.25) is 0 Å². The van der Waals surface area contributed by atoms with Gasteiger partial charge in [0.05, 0.1) is 0 Å². The SMILES string of the molecule is CCN1CCN(C(=O)N2CCN(c3ccc(F)cc3)CC2)CC1. The van der Waals surface area contributed by atoms with Crippen LogP contribution in [-0.2, 0) is 0 Å². The minimum Gasteiger partial charge on any atom is -0.368 e. The molecule has 2 aliphatic rings. The molecule has 23 heavy (non-hydrogen) atoms. The molecule has 0 N–H and O–H groups in total. The van der Waals surface area contributed by atoms with Gasteiger partial charge < -0.3 is 19.6 Å². The van der Waals surface area contributed by atoms with Crippen molar-refractivity contribution in [1.82, 2.24) is 14.7 Å². The number of carbonyl (C=O) groups excluding carboxylic acids is 1. The van der Waals surface area contributed by atoms with E-state index in [9.17, 15) is 9.18 Å². The van der Waals surface area contributed by atoms with Crippen molar-refractivity contribution < 1.29 is 9.18 Å². The van der Waals surface area contributed by atoms with E-state index in [0.717, 1.165) is 64.6 Å². The van der Waals surface area contributed by atoms with Gasteiger partial charge in [-0.1, -0.05) is 6.92 Å². The predicted octanol–water partition coefficient (Wildman–Crippen LogP) is 1.71. The molecule has 1 aromatic rings. The summed E-state index contributed by atoms with van der Waals surface area (Å²) in [7, 11) is 0. The Hall–Kier alpha value is -1.82. The predicted molar refractivity (Wildman–Crippen MR) is 89.3 cm³/mol. The maximum absolute atomic E-state index is 13.0. The van der Waals surface area contributed by atoms with Gasteiger partial charge in [-0.2, -0.15) is 0 Å². The summed E-state index contributed by atoms with van der Waals surface area (Å²) in [5, 5.41) is 0. The largest absolute Gasteiger partial charge is 0.368 e. The average molecular weight is 320 g/mol. The lowest BCUT2D eigenvalue weighted by Gasteiger charge is -2.41. The highest BCUT2D eigenvalue weighted by Gasteiger charge is 2.27. The molecular formula is C17H25FN4O. The van der Waals surface area contributed by atoms with Crippen molar-refractivity contribution in [2.75, 3.05) is 63.8 Å². The van der Waals surface area contributed by atoms with Gasteiger partial charge in [-0.05, 0) is 30.8 Å². The summed E-state index contributed by atoms with van der Waals surface area (Å²) >= 11 is 0. The molecule has 6 heteroatoms. The fourth-order valence-electron chi connectivity index (χ4n) is 3.26. The van der Waals surface area contributed by atoms with Crippen molar-refractivity contribution in [2.45, 2.75) is 6.92 Å². The summed E-state index contributed by atoms with van der Waals surface area (Å²) in [6, 6.07) is 6.74. The van der Waals surface area contributed by atoms with Crippen molar-refractivity contribution in [2.24, 2.45) is 0 Å². The monoisotopic (exact) mass is 320 g/mol. The summed E-state index contributed by atoms with van der Waals surface area (Å²) < 4.78 is 13.0. The highest BCUT2D eigenvalue weighted by atomic mass is 19.1. The summed E-state index contributed by atoms with van der Waals surface area (Å²) in [6.07, 6.45) is 0. The first-order chi connectivity index (χ1) is 11.2. The molecule has 0 aliphatic carbocycles. The molecule has 0 spiro atoms. The Bertz CT molecular complexity index is 520. The highest BCUT2D eigenvalue weighted by molar-refractivity contribution is 5.75. The van der Waals surface area contributed by atoms with Crippen LogP contribution in [0.3, 0.4) is 0 Å². The van der Waals surface area contributed by atoms with Gasteiger partial charge in [-0.25, -0.2) is 9.18 Å². The number of benzene rings is 1. The van der Waals surface area contributed by atoms with E-state index in [1.54, 1.807) is 12.1 Å². The van der Waals surface area contributed by atoms with E-state index < -0.39 is 0 Å². The number of likely N-dealkylation sites (N-methyl/N-ethyl adjacent to an activating group) is 1. The third kappa shape index (κ3) is 3.75. The van der Waals surface area contributed by atoms with E-state index in [1.807, 2.05) is 9.80 Å². The second-order valence-corrected chi connectivity index (χ2v) is 6.15. The van der Waals surface area contributed by atoms with Crippen LogP contribution < -0.4 is 4.90 Å². The first-order valence-corrected chi connectivity index (χ1v) is 8.44. The van der Waals surface area contributed by atoms with Gasteiger partial charge in [-0.3, -0.25) is 0 Å². The van der Waals surface area contributed by atoms with Gasteiger partial charge in [0.15, 0.2) is 0 Å². The van der Waals surface area contributed by atoms with E-state index in [2.05, 4.69) is 16.7 Å². The van der Waals surface area contributed by atoms with Crippen LogP contribution >= 0.6 is 0 Å². The molecule has 0 radical (unpaired) electrons. The van der Waals surface area contributed by atoms with Crippen LogP contribution in [0.5, 0.6) is 0 Å². The Morgan fingerprint density at radius 2 is 1.43 bits per heavy atom. The smallest absolute Gasteiger partial charge is 0.320 e.